The molecule has 0 aliphatic carbocycles. The zero-order valence-corrected chi connectivity index (χ0v) is 11.8. The Hall–Kier alpha value is -1.88. The zero-order valence-electron chi connectivity index (χ0n) is 11.8. The lowest BCUT2D eigenvalue weighted by atomic mass is 10.2. The fourth-order valence-electron chi connectivity index (χ4n) is 2.07. The van der Waals surface area contributed by atoms with Crippen LogP contribution in [0.15, 0.2) is 30.5 Å². The third-order valence-corrected chi connectivity index (χ3v) is 3.14. The van der Waals surface area contributed by atoms with Crippen molar-refractivity contribution in [2.24, 2.45) is 0 Å². The molecule has 0 aliphatic rings. The quantitative estimate of drug-likeness (QED) is 0.853. The Kier molecular flexibility index (Phi) is 4.52. The summed E-state index contributed by atoms with van der Waals surface area (Å²) in [4.78, 5) is 2.24. The number of hydrogen-bond acceptors (Lipinski definition) is 4. The van der Waals surface area contributed by atoms with Crippen LogP contribution in [-0.2, 0) is 13.1 Å². The Balaban J connectivity index is 1.92. The lowest BCUT2D eigenvalue weighted by Gasteiger charge is -2.21. The molecule has 1 N–H and O–H groups in total. The maximum absolute atomic E-state index is 4.12. The van der Waals surface area contributed by atoms with Gasteiger partial charge in [0.05, 0.1) is 12.2 Å². The number of aromatic nitrogens is 3. The molecule has 0 unspecified atom stereocenters. The molecule has 2 aromatic rings. The molecule has 0 radical (unpaired) electrons. The summed E-state index contributed by atoms with van der Waals surface area (Å²) in [5.74, 6) is 0. The van der Waals surface area contributed by atoms with Crippen molar-refractivity contribution in [3.63, 3.8) is 0 Å². The number of nitrogens with zero attached hydrogens (tertiary/aromatic N) is 4. The molecule has 0 atom stereocenters. The van der Waals surface area contributed by atoms with Gasteiger partial charge in [-0.2, -0.15) is 0 Å². The number of anilines is 1. The molecule has 5 nitrogen and oxygen atoms in total. The summed E-state index contributed by atoms with van der Waals surface area (Å²) in [6.07, 6.45) is 1.99. The molecule has 0 saturated heterocycles. The average Bonchev–Trinajstić information content (AvgIpc) is 2.85. The molecular formula is C14H21N5. The maximum atomic E-state index is 4.12. The van der Waals surface area contributed by atoms with Gasteiger partial charge in [0.2, 0.25) is 0 Å². The van der Waals surface area contributed by atoms with Crippen LogP contribution >= 0.6 is 0 Å². The van der Waals surface area contributed by atoms with Gasteiger partial charge in [-0.1, -0.05) is 23.4 Å². The van der Waals surface area contributed by atoms with E-state index in [2.05, 4.69) is 58.8 Å². The van der Waals surface area contributed by atoms with E-state index in [0.717, 1.165) is 25.3 Å². The van der Waals surface area contributed by atoms with Gasteiger partial charge in [-0.3, -0.25) is 4.68 Å². The van der Waals surface area contributed by atoms with E-state index in [1.54, 1.807) is 0 Å². The Morgan fingerprint density at radius 1 is 1.32 bits per heavy atom. The molecule has 19 heavy (non-hydrogen) atoms. The van der Waals surface area contributed by atoms with Crippen molar-refractivity contribution in [2.75, 3.05) is 25.5 Å². The van der Waals surface area contributed by atoms with Crippen molar-refractivity contribution in [3.05, 3.63) is 41.7 Å². The predicted octanol–water partition coefficient (Wildman–Crippen LogP) is 1.44. The van der Waals surface area contributed by atoms with Gasteiger partial charge < -0.3 is 10.2 Å². The normalized spacial score (nSPS) is 10.7. The van der Waals surface area contributed by atoms with Gasteiger partial charge in [-0.05, 0) is 25.6 Å². The first-order chi connectivity index (χ1) is 9.20. The minimum Gasteiger partial charge on any atom is -0.373 e. The molecule has 1 heterocycles. The minimum atomic E-state index is 0.758. The summed E-state index contributed by atoms with van der Waals surface area (Å²) >= 11 is 0. The first-order valence-electron chi connectivity index (χ1n) is 6.51. The molecular weight excluding hydrogens is 238 g/mol. The van der Waals surface area contributed by atoms with Crippen LogP contribution in [-0.4, -0.2) is 35.6 Å². The molecule has 0 saturated carbocycles. The Labute approximate surface area is 114 Å². The number of para-hydroxylation sites is 1. The fourth-order valence-corrected chi connectivity index (χ4v) is 2.07. The van der Waals surface area contributed by atoms with Crippen LogP contribution in [0.3, 0.4) is 0 Å². The van der Waals surface area contributed by atoms with E-state index in [-0.39, 0.29) is 0 Å². The van der Waals surface area contributed by atoms with E-state index in [1.807, 2.05) is 17.9 Å². The topological polar surface area (TPSA) is 46.0 Å². The lowest BCUT2D eigenvalue weighted by molar-refractivity contribution is 0.587. The van der Waals surface area contributed by atoms with Crippen LogP contribution in [0.1, 0.15) is 11.3 Å². The summed E-state index contributed by atoms with van der Waals surface area (Å²) < 4.78 is 1.89. The third kappa shape index (κ3) is 3.54. The fraction of sp³-hybridized carbons (Fsp3) is 0.429. The van der Waals surface area contributed by atoms with Gasteiger partial charge in [-0.15, -0.1) is 5.10 Å². The predicted molar refractivity (Wildman–Crippen MR) is 77.2 cm³/mol. The lowest BCUT2D eigenvalue weighted by Crippen LogP contribution is -2.23. The Morgan fingerprint density at radius 3 is 2.84 bits per heavy atom. The van der Waals surface area contributed by atoms with E-state index in [1.165, 1.54) is 11.3 Å². The highest BCUT2D eigenvalue weighted by Crippen LogP contribution is 2.17. The Bertz CT molecular complexity index is 520. The molecule has 0 fully saturated rings. The SMILES string of the molecule is CNCc1cn(CCN(C)c2ccccc2C)nn1. The van der Waals surface area contributed by atoms with E-state index >= 15 is 0 Å². The second kappa shape index (κ2) is 6.33. The molecule has 0 amide bonds. The summed E-state index contributed by atoms with van der Waals surface area (Å²) in [6, 6.07) is 8.41. The summed E-state index contributed by atoms with van der Waals surface area (Å²) in [6.45, 7) is 4.63. The highest BCUT2D eigenvalue weighted by molar-refractivity contribution is 5.52. The molecule has 102 valence electrons. The summed E-state index contributed by atoms with van der Waals surface area (Å²) in [5.41, 5.74) is 3.53. The first kappa shape index (κ1) is 13.5. The summed E-state index contributed by atoms with van der Waals surface area (Å²) in [7, 11) is 4.01. The number of benzene rings is 1. The number of nitrogens with one attached hydrogen (secondary N) is 1. The minimum absolute atomic E-state index is 0.758. The second-order valence-electron chi connectivity index (χ2n) is 4.71. The second-order valence-corrected chi connectivity index (χ2v) is 4.71. The van der Waals surface area contributed by atoms with Gasteiger partial charge in [0.15, 0.2) is 0 Å². The smallest absolute Gasteiger partial charge is 0.0964 e. The number of aryl methyl sites for hydroxylation is 1. The Morgan fingerprint density at radius 2 is 2.11 bits per heavy atom. The van der Waals surface area contributed by atoms with Crippen LogP contribution in [0.5, 0.6) is 0 Å². The standard InChI is InChI=1S/C14H21N5/c1-12-6-4-5-7-14(12)18(3)8-9-19-11-13(10-15-2)16-17-19/h4-7,11,15H,8-10H2,1-3H3. The third-order valence-electron chi connectivity index (χ3n) is 3.14. The average molecular weight is 259 g/mol. The van der Waals surface area contributed by atoms with Crippen molar-refractivity contribution >= 4 is 5.69 Å². The van der Waals surface area contributed by atoms with Crippen molar-refractivity contribution < 1.29 is 0 Å². The van der Waals surface area contributed by atoms with Crippen molar-refractivity contribution in [1.29, 1.82) is 0 Å². The van der Waals surface area contributed by atoms with Crippen molar-refractivity contribution in [1.82, 2.24) is 20.3 Å². The maximum Gasteiger partial charge on any atom is 0.0964 e. The van der Waals surface area contributed by atoms with E-state index < -0.39 is 0 Å². The molecule has 0 spiro atoms. The summed E-state index contributed by atoms with van der Waals surface area (Å²) in [5, 5.41) is 11.3. The first-order valence-corrected chi connectivity index (χ1v) is 6.51. The van der Waals surface area contributed by atoms with Crippen molar-refractivity contribution in [3.8, 4) is 0 Å². The zero-order chi connectivity index (χ0) is 13.7. The van der Waals surface area contributed by atoms with E-state index in [4.69, 9.17) is 0 Å². The number of rotatable bonds is 6. The molecule has 5 heteroatoms. The molecule has 2 rings (SSSR count). The van der Waals surface area contributed by atoms with Gasteiger partial charge in [0.1, 0.15) is 0 Å². The molecule has 1 aromatic carbocycles. The van der Waals surface area contributed by atoms with Gasteiger partial charge in [0.25, 0.3) is 0 Å². The molecule has 1 aromatic heterocycles. The van der Waals surface area contributed by atoms with Gasteiger partial charge in [0, 0.05) is 32.0 Å². The van der Waals surface area contributed by atoms with Crippen molar-refractivity contribution in [2.45, 2.75) is 20.0 Å². The highest BCUT2D eigenvalue weighted by Gasteiger charge is 2.05. The number of likely N-dealkylation sites (N-methyl/N-ethyl adjacent to an activating group) is 1. The van der Waals surface area contributed by atoms with Gasteiger partial charge in [-0.25, -0.2) is 0 Å². The molecule has 0 bridgehead atoms. The number of hydrogen-bond donors (Lipinski definition) is 1. The van der Waals surface area contributed by atoms with Gasteiger partial charge >= 0.3 is 0 Å². The van der Waals surface area contributed by atoms with Crippen LogP contribution in [0, 0.1) is 6.92 Å². The highest BCUT2D eigenvalue weighted by atomic mass is 15.4. The monoisotopic (exact) mass is 259 g/mol. The largest absolute Gasteiger partial charge is 0.373 e. The van der Waals surface area contributed by atoms with E-state index in [0.29, 0.717) is 0 Å². The van der Waals surface area contributed by atoms with Crippen LogP contribution in [0.4, 0.5) is 5.69 Å². The molecule has 0 aliphatic heterocycles. The van der Waals surface area contributed by atoms with Crippen LogP contribution in [0.25, 0.3) is 0 Å². The van der Waals surface area contributed by atoms with Crippen LogP contribution in [0.2, 0.25) is 0 Å². The van der Waals surface area contributed by atoms with E-state index in [9.17, 15) is 0 Å². The van der Waals surface area contributed by atoms with Crippen LogP contribution < -0.4 is 10.2 Å².